The third kappa shape index (κ3) is 2.16. The Kier molecular flexibility index (Phi) is 3.22. The summed E-state index contributed by atoms with van der Waals surface area (Å²) >= 11 is 0. The maximum absolute atomic E-state index is 5.61. The zero-order chi connectivity index (χ0) is 9.80. The van der Waals surface area contributed by atoms with Crippen molar-refractivity contribution in [2.75, 3.05) is 13.7 Å². The van der Waals surface area contributed by atoms with Crippen LogP contribution in [0.4, 0.5) is 0 Å². The van der Waals surface area contributed by atoms with E-state index in [0.717, 1.165) is 13.0 Å². The molecule has 1 aliphatic rings. The predicted molar refractivity (Wildman–Crippen MR) is 54.1 cm³/mol. The van der Waals surface area contributed by atoms with Crippen molar-refractivity contribution >= 4 is 0 Å². The fourth-order valence-electron chi connectivity index (χ4n) is 1.99. The summed E-state index contributed by atoms with van der Waals surface area (Å²) in [5.74, 6) is 0. The molecular weight excluding hydrogens is 178 g/mol. The summed E-state index contributed by atoms with van der Waals surface area (Å²) in [5, 5.41) is 3.29. The number of rotatable bonds is 4. The number of furan rings is 1. The molecule has 0 aromatic carbocycles. The van der Waals surface area contributed by atoms with Crippen LogP contribution >= 0.6 is 0 Å². The van der Waals surface area contributed by atoms with Gasteiger partial charge in [-0.2, -0.15) is 0 Å². The van der Waals surface area contributed by atoms with Gasteiger partial charge in [-0.15, -0.1) is 0 Å². The van der Waals surface area contributed by atoms with Gasteiger partial charge in [0.05, 0.1) is 18.6 Å². The van der Waals surface area contributed by atoms with Gasteiger partial charge in [0.1, 0.15) is 0 Å². The molecule has 1 N–H and O–H groups in total. The summed E-state index contributed by atoms with van der Waals surface area (Å²) in [6.07, 6.45) is 7.37. The van der Waals surface area contributed by atoms with Gasteiger partial charge in [-0.25, -0.2) is 0 Å². The minimum atomic E-state index is 0.358. The standard InChI is InChI=1S/C11H17NO2/c1-12-11(9-4-6-13-8-9)7-10-3-2-5-14-10/h4,6,8,10-12H,2-3,5,7H2,1H3. The lowest BCUT2D eigenvalue weighted by atomic mass is 10.0. The van der Waals surface area contributed by atoms with E-state index in [2.05, 4.69) is 5.32 Å². The van der Waals surface area contributed by atoms with Crippen molar-refractivity contribution in [3.63, 3.8) is 0 Å². The SMILES string of the molecule is CNC(CC1CCCO1)c1ccoc1. The van der Waals surface area contributed by atoms with Crippen LogP contribution in [0.15, 0.2) is 23.0 Å². The van der Waals surface area contributed by atoms with E-state index >= 15 is 0 Å². The summed E-state index contributed by atoms with van der Waals surface area (Å²) in [6, 6.07) is 2.37. The van der Waals surface area contributed by atoms with E-state index in [-0.39, 0.29) is 0 Å². The molecule has 3 heteroatoms. The quantitative estimate of drug-likeness (QED) is 0.799. The average Bonchev–Trinajstić information content (AvgIpc) is 2.86. The van der Waals surface area contributed by atoms with Crippen molar-refractivity contribution in [1.29, 1.82) is 0 Å². The van der Waals surface area contributed by atoms with Gasteiger partial charge in [0, 0.05) is 18.2 Å². The van der Waals surface area contributed by atoms with Gasteiger partial charge in [0.2, 0.25) is 0 Å². The molecule has 3 nitrogen and oxygen atoms in total. The summed E-state index contributed by atoms with van der Waals surface area (Å²) in [7, 11) is 1.98. The van der Waals surface area contributed by atoms with Crippen molar-refractivity contribution in [3.8, 4) is 0 Å². The van der Waals surface area contributed by atoms with Crippen LogP contribution in [0.1, 0.15) is 30.9 Å². The van der Waals surface area contributed by atoms with E-state index in [0.29, 0.717) is 12.1 Å². The molecule has 0 aliphatic carbocycles. The maximum atomic E-state index is 5.61. The van der Waals surface area contributed by atoms with Crippen LogP contribution in [-0.4, -0.2) is 19.8 Å². The highest BCUT2D eigenvalue weighted by atomic mass is 16.5. The van der Waals surface area contributed by atoms with Crippen LogP contribution in [0.25, 0.3) is 0 Å². The molecule has 1 aromatic heterocycles. The number of hydrogen-bond acceptors (Lipinski definition) is 3. The molecule has 2 rings (SSSR count). The van der Waals surface area contributed by atoms with Crippen LogP contribution < -0.4 is 5.32 Å². The Bertz CT molecular complexity index is 252. The molecule has 1 fully saturated rings. The van der Waals surface area contributed by atoms with Gasteiger partial charge in [0.15, 0.2) is 0 Å². The fraction of sp³-hybridized carbons (Fsp3) is 0.636. The van der Waals surface area contributed by atoms with Gasteiger partial charge in [-0.05, 0) is 32.4 Å². The zero-order valence-electron chi connectivity index (χ0n) is 8.53. The number of hydrogen-bond donors (Lipinski definition) is 1. The molecule has 2 unspecified atom stereocenters. The molecule has 14 heavy (non-hydrogen) atoms. The molecule has 0 radical (unpaired) electrons. The molecule has 2 heterocycles. The molecule has 1 aliphatic heterocycles. The second kappa shape index (κ2) is 4.62. The number of nitrogens with one attached hydrogen (secondary N) is 1. The van der Waals surface area contributed by atoms with Crippen LogP contribution in [0.5, 0.6) is 0 Å². The second-order valence-electron chi connectivity index (χ2n) is 3.77. The third-order valence-electron chi connectivity index (χ3n) is 2.82. The first-order valence-corrected chi connectivity index (χ1v) is 5.21. The first kappa shape index (κ1) is 9.74. The van der Waals surface area contributed by atoms with E-state index in [1.54, 1.807) is 12.5 Å². The topological polar surface area (TPSA) is 34.4 Å². The van der Waals surface area contributed by atoms with E-state index in [9.17, 15) is 0 Å². The average molecular weight is 195 g/mol. The first-order chi connectivity index (χ1) is 6.90. The highest BCUT2D eigenvalue weighted by Crippen LogP contribution is 2.24. The van der Waals surface area contributed by atoms with Crippen LogP contribution in [0, 0.1) is 0 Å². The molecule has 0 amide bonds. The summed E-state index contributed by atoms with van der Waals surface area (Å²) < 4.78 is 10.7. The van der Waals surface area contributed by atoms with Crippen molar-refractivity contribution in [3.05, 3.63) is 24.2 Å². The van der Waals surface area contributed by atoms with Crippen LogP contribution in [0.3, 0.4) is 0 Å². The Morgan fingerprint density at radius 1 is 1.64 bits per heavy atom. The molecule has 1 aromatic rings. The largest absolute Gasteiger partial charge is 0.472 e. The Balaban J connectivity index is 1.93. The molecule has 78 valence electrons. The molecule has 1 saturated heterocycles. The molecule has 2 atom stereocenters. The van der Waals surface area contributed by atoms with Gasteiger partial charge in [-0.1, -0.05) is 0 Å². The summed E-state index contributed by atoms with van der Waals surface area (Å²) in [4.78, 5) is 0. The predicted octanol–water partition coefficient (Wildman–Crippen LogP) is 2.11. The Morgan fingerprint density at radius 3 is 3.14 bits per heavy atom. The van der Waals surface area contributed by atoms with Crippen molar-refractivity contribution in [2.45, 2.75) is 31.4 Å². The van der Waals surface area contributed by atoms with Gasteiger partial charge in [0.25, 0.3) is 0 Å². The lowest BCUT2D eigenvalue weighted by Gasteiger charge is -2.18. The number of ether oxygens (including phenoxy) is 1. The van der Waals surface area contributed by atoms with Crippen molar-refractivity contribution in [1.82, 2.24) is 5.32 Å². The van der Waals surface area contributed by atoms with E-state index < -0.39 is 0 Å². The van der Waals surface area contributed by atoms with Gasteiger partial charge >= 0.3 is 0 Å². The smallest absolute Gasteiger partial charge is 0.0950 e. The minimum absolute atomic E-state index is 0.358. The Labute approximate surface area is 84.4 Å². The maximum Gasteiger partial charge on any atom is 0.0950 e. The highest BCUT2D eigenvalue weighted by molar-refractivity contribution is 5.11. The first-order valence-electron chi connectivity index (χ1n) is 5.21. The Hall–Kier alpha value is -0.800. The zero-order valence-corrected chi connectivity index (χ0v) is 8.53. The lowest BCUT2D eigenvalue weighted by Crippen LogP contribution is -2.21. The third-order valence-corrected chi connectivity index (χ3v) is 2.82. The summed E-state index contributed by atoms with van der Waals surface area (Å²) in [5.41, 5.74) is 1.21. The molecule has 0 bridgehead atoms. The molecule has 0 spiro atoms. The summed E-state index contributed by atoms with van der Waals surface area (Å²) in [6.45, 7) is 0.923. The normalized spacial score (nSPS) is 23.9. The van der Waals surface area contributed by atoms with Crippen LogP contribution in [-0.2, 0) is 4.74 Å². The van der Waals surface area contributed by atoms with Crippen molar-refractivity contribution in [2.24, 2.45) is 0 Å². The second-order valence-corrected chi connectivity index (χ2v) is 3.77. The monoisotopic (exact) mass is 195 g/mol. The molecular formula is C11H17NO2. The van der Waals surface area contributed by atoms with Crippen molar-refractivity contribution < 1.29 is 9.15 Å². The fourth-order valence-corrected chi connectivity index (χ4v) is 1.99. The lowest BCUT2D eigenvalue weighted by molar-refractivity contribution is 0.0953. The van der Waals surface area contributed by atoms with E-state index in [1.165, 1.54) is 18.4 Å². The minimum Gasteiger partial charge on any atom is -0.472 e. The van der Waals surface area contributed by atoms with E-state index in [4.69, 9.17) is 9.15 Å². The molecule has 0 saturated carbocycles. The van der Waals surface area contributed by atoms with Gasteiger partial charge < -0.3 is 14.5 Å². The van der Waals surface area contributed by atoms with E-state index in [1.807, 2.05) is 13.1 Å². The van der Waals surface area contributed by atoms with Gasteiger partial charge in [-0.3, -0.25) is 0 Å². The highest BCUT2D eigenvalue weighted by Gasteiger charge is 2.21. The Morgan fingerprint density at radius 2 is 2.57 bits per heavy atom. The van der Waals surface area contributed by atoms with Crippen LogP contribution in [0.2, 0.25) is 0 Å².